The van der Waals surface area contributed by atoms with Gasteiger partial charge in [-0.2, -0.15) is 0 Å². The van der Waals surface area contributed by atoms with Crippen LogP contribution in [0.25, 0.3) is 55.8 Å². The summed E-state index contributed by atoms with van der Waals surface area (Å²) in [6.45, 7) is 17.6. The quantitative estimate of drug-likeness (QED) is 0.202. The fraction of sp³-hybridized carbons (Fsp3) is 0.250. The topological polar surface area (TPSA) is 72.0 Å². The molecule has 0 aliphatic heterocycles. The van der Waals surface area contributed by atoms with E-state index in [1.165, 1.54) is 11.1 Å². The number of phenols is 1. The highest BCUT2D eigenvalue weighted by Crippen LogP contribution is 2.42. The SMILES string of the molecule is CC(C)(C)c1ccc(O)c(-c2nc3c(-c4cccc(-c5cc(C(C)(C)C)cc6nccnc56)c4)cc(C(C)(C)c4ccccc4)cc3o2)c1. The first-order chi connectivity index (χ1) is 23.2. The van der Waals surface area contributed by atoms with Crippen molar-refractivity contribution in [3.63, 3.8) is 0 Å². The van der Waals surface area contributed by atoms with E-state index in [1.54, 1.807) is 18.5 Å². The molecule has 5 nitrogen and oxygen atoms in total. The first kappa shape index (κ1) is 32.3. The Labute approximate surface area is 288 Å². The van der Waals surface area contributed by atoms with E-state index in [4.69, 9.17) is 14.4 Å². The molecule has 246 valence electrons. The predicted molar refractivity (Wildman–Crippen MR) is 201 cm³/mol. The summed E-state index contributed by atoms with van der Waals surface area (Å²) in [7, 11) is 0. The van der Waals surface area contributed by atoms with Crippen LogP contribution in [0.3, 0.4) is 0 Å². The Morgan fingerprint density at radius 2 is 1.16 bits per heavy atom. The number of oxazole rings is 1. The normalized spacial score (nSPS) is 12.6. The van der Waals surface area contributed by atoms with Gasteiger partial charge in [-0.1, -0.05) is 110 Å². The highest BCUT2D eigenvalue weighted by atomic mass is 16.3. The molecule has 0 aliphatic carbocycles. The molecule has 0 atom stereocenters. The van der Waals surface area contributed by atoms with Crippen LogP contribution in [-0.4, -0.2) is 20.1 Å². The second kappa shape index (κ2) is 11.7. The van der Waals surface area contributed by atoms with Crippen LogP contribution in [0.2, 0.25) is 0 Å². The minimum absolute atomic E-state index is 0.0610. The lowest BCUT2D eigenvalue weighted by Gasteiger charge is -2.26. The zero-order valence-electron chi connectivity index (χ0n) is 29.6. The maximum atomic E-state index is 11.0. The third-order valence-corrected chi connectivity index (χ3v) is 9.73. The van der Waals surface area contributed by atoms with E-state index in [2.05, 4.69) is 133 Å². The van der Waals surface area contributed by atoms with E-state index in [1.807, 2.05) is 18.2 Å². The molecule has 0 unspecified atom stereocenters. The Morgan fingerprint density at radius 3 is 1.86 bits per heavy atom. The molecule has 49 heavy (non-hydrogen) atoms. The Kier molecular flexibility index (Phi) is 7.70. The van der Waals surface area contributed by atoms with Gasteiger partial charge in [-0.3, -0.25) is 9.97 Å². The molecule has 5 aromatic carbocycles. The molecule has 0 fully saturated rings. The summed E-state index contributed by atoms with van der Waals surface area (Å²) in [6.07, 6.45) is 3.51. The van der Waals surface area contributed by atoms with Crippen molar-refractivity contribution in [2.45, 2.75) is 71.6 Å². The number of benzene rings is 5. The summed E-state index contributed by atoms with van der Waals surface area (Å²) in [6, 6.07) is 33.6. The smallest absolute Gasteiger partial charge is 0.231 e. The van der Waals surface area contributed by atoms with Gasteiger partial charge in [0.1, 0.15) is 11.3 Å². The average molecular weight is 646 g/mol. The van der Waals surface area contributed by atoms with Crippen molar-refractivity contribution >= 4 is 22.1 Å². The zero-order valence-corrected chi connectivity index (χ0v) is 29.6. The molecular formula is C44H43N3O2. The van der Waals surface area contributed by atoms with Crippen molar-refractivity contribution in [1.29, 1.82) is 0 Å². The lowest BCUT2D eigenvalue weighted by molar-refractivity contribution is 0.472. The van der Waals surface area contributed by atoms with Gasteiger partial charge in [-0.05, 0) is 86.7 Å². The molecular weight excluding hydrogens is 603 g/mol. The van der Waals surface area contributed by atoms with Gasteiger partial charge >= 0.3 is 0 Å². The zero-order chi connectivity index (χ0) is 34.7. The molecule has 0 spiro atoms. The number of aromatic hydroxyl groups is 1. The Morgan fingerprint density at radius 1 is 0.531 bits per heavy atom. The first-order valence-corrected chi connectivity index (χ1v) is 16.9. The van der Waals surface area contributed by atoms with Gasteiger partial charge in [0.2, 0.25) is 5.89 Å². The third-order valence-electron chi connectivity index (χ3n) is 9.73. The van der Waals surface area contributed by atoms with Gasteiger partial charge in [0.05, 0.1) is 16.6 Å². The molecule has 0 radical (unpaired) electrons. The van der Waals surface area contributed by atoms with Crippen LogP contribution in [0, 0.1) is 0 Å². The van der Waals surface area contributed by atoms with E-state index >= 15 is 0 Å². The fourth-order valence-electron chi connectivity index (χ4n) is 6.50. The Balaban J connectivity index is 1.47. The monoisotopic (exact) mass is 645 g/mol. The van der Waals surface area contributed by atoms with E-state index in [0.29, 0.717) is 17.0 Å². The van der Waals surface area contributed by atoms with Crippen LogP contribution in [-0.2, 0) is 16.2 Å². The predicted octanol–water partition coefficient (Wildman–Crippen LogP) is 11.4. The largest absolute Gasteiger partial charge is 0.507 e. The number of hydrogen-bond acceptors (Lipinski definition) is 5. The van der Waals surface area contributed by atoms with E-state index in [9.17, 15) is 5.11 Å². The van der Waals surface area contributed by atoms with Crippen LogP contribution >= 0.6 is 0 Å². The van der Waals surface area contributed by atoms with Crippen molar-refractivity contribution in [1.82, 2.24) is 15.0 Å². The van der Waals surface area contributed by atoms with Gasteiger partial charge in [-0.25, -0.2) is 4.98 Å². The summed E-state index contributed by atoms with van der Waals surface area (Å²) < 4.78 is 6.57. The van der Waals surface area contributed by atoms with Crippen molar-refractivity contribution < 1.29 is 9.52 Å². The molecule has 2 aromatic heterocycles. The van der Waals surface area contributed by atoms with Crippen LogP contribution in [0.15, 0.2) is 114 Å². The molecule has 0 saturated carbocycles. The maximum Gasteiger partial charge on any atom is 0.231 e. The van der Waals surface area contributed by atoms with Gasteiger partial charge in [-0.15, -0.1) is 0 Å². The van der Waals surface area contributed by atoms with Crippen molar-refractivity contribution in [3.05, 3.63) is 132 Å². The number of fused-ring (bicyclic) bond motifs is 2. The lowest BCUT2D eigenvalue weighted by Crippen LogP contribution is -2.18. The van der Waals surface area contributed by atoms with Gasteiger partial charge in [0.25, 0.3) is 0 Å². The van der Waals surface area contributed by atoms with Crippen molar-refractivity contribution in [2.75, 3.05) is 0 Å². The molecule has 5 heteroatoms. The second-order valence-corrected chi connectivity index (χ2v) is 15.6. The molecule has 0 aliphatic rings. The van der Waals surface area contributed by atoms with Gasteiger partial charge < -0.3 is 9.52 Å². The third kappa shape index (κ3) is 5.99. The van der Waals surface area contributed by atoms with Crippen LogP contribution in [0.1, 0.15) is 77.6 Å². The van der Waals surface area contributed by atoms with Crippen molar-refractivity contribution in [3.8, 4) is 39.5 Å². The summed E-state index contributed by atoms with van der Waals surface area (Å²) >= 11 is 0. The Bertz CT molecular complexity index is 2340. The standard InChI is InChI=1S/C44H43N3O2/c1-42(2,3)30-17-18-37(48)35(22-30)41-47-40-34(24-32(26-38(40)49-41)44(7,8)29-15-10-9-11-16-29)28-14-12-13-27(21-28)33-23-31(43(4,5)6)25-36-39(33)46-20-19-45-36/h9-26,48H,1-8H3. The summed E-state index contributed by atoms with van der Waals surface area (Å²) in [5, 5.41) is 11.0. The number of hydrogen-bond donors (Lipinski definition) is 1. The van der Waals surface area contributed by atoms with Gasteiger partial charge in [0.15, 0.2) is 5.58 Å². The molecule has 0 bridgehead atoms. The summed E-state index contributed by atoms with van der Waals surface area (Å²) in [4.78, 5) is 14.5. The number of phenolic OH excluding ortho intramolecular Hbond substituents is 1. The van der Waals surface area contributed by atoms with E-state index in [0.717, 1.165) is 49.9 Å². The number of rotatable bonds is 5. The highest BCUT2D eigenvalue weighted by molar-refractivity contribution is 5.97. The maximum absolute atomic E-state index is 11.0. The first-order valence-electron chi connectivity index (χ1n) is 16.9. The van der Waals surface area contributed by atoms with E-state index in [-0.39, 0.29) is 22.0 Å². The van der Waals surface area contributed by atoms with Gasteiger partial charge in [0, 0.05) is 28.9 Å². The Hall–Kier alpha value is -5.29. The second-order valence-electron chi connectivity index (χ2n) is 15.6. The molecule has 1 N–H and O–H groups in total. The summed E-state index contributed by atoms with van der Waals surface area (Å²) in [5.74, 6) is 0.532. The number of aromatic nitrogens is 3. The minimum atomic E-state index is -0.324. The molecule has 7 aromatic rings. The number of nitrogens with zero attached hydrogens (tertiary/aromatic N) is 3. The minimum Gasteiger partial charge on any atom is -0.507 e. The molecule has 2 heterocycles. The van der Waals surface area contributed by atoms with E-state index < -0.39 is 0 Å². The lowest BCUT2D eigenvalue weighted by atomic mass is 9.77. The summed E-state index contributed by atoms with van der Waals surface area (Å²) in [5.41, 5.74) is 11.9. The average Bonchev–Trinajstić information content (AvgIpc) is 3.51. The van der Waals surface area contributed by atoms with Crippen LogP contribution in [0.5, 0.6) is 5.75 Å². The molecule has 0 saturated heterocycles. The van der Waals surface area contributed by atoms with Crippen molar-refractivity contribution in [2.24, 2.45) is 0 Å². The van der Waals surface area contributed by atoms with Crippen LogP contribution < -0.4 is 0 Å². The molecule has 0 amide bonds. The van der Waals surface area contributed by atoms with Crippen LogP contribution in [0.4, 0.5) is 0 Å². The highest BCUT2D eigenvalue weighted by Gasteiger charge is 2.27. The fourth-order valence-corrected chi connectivity index (χ4v) is 6.50. The molecule has 7 rings (SSSR count).